The van der Waals surface area contributed by atoms with Gasteiger partial charge in [-0.1, -0.05) is 13.8 Å². The van der Waals surface area contributed by atoms with E-state index in [0.29, 0.717) is 5.78 Å². The van der Waals surface area contributed by atoms with E-state index in [2.05, 4.69) is 25.7 Å². The number of piperidine rings is 3. The maximum absolute atomic E-state index is 12.5. The fourth-order valence-corrected chi connectivity index (χ4v) is 5.00. The molecule has 2 nitrogen and oxygen atoms in total. The summed E-state index contributed by atoms with van der Waals surface area (Å²) in [5.74, 6) is 0.406. The number of halogens is 1. The van der Waals surface area contributed by atoms with Crippen molar-refractivity contribution >= 4 is 17.4 Å². The van der Waals surface area contributed by atoms with Gasteiger partial charge >= 0.3 is 0 Å². The van der Waals surface area contributed by atoms with Crippen LogP contribution in [-0.2, 0) is 4.79 Å². The SMILES string of the molecule is CC12CN3CC(C)(C1)[C@H](Cl)C(C)(C3)C2=O. The van der Waals surface area contributed by atoms with Gasteiger partial charge < -0.3 is 4.90 Å². The van der Waals surface area contributed by atoms with Crippen LogP contribution in [0, 0.1) is 16.2 Å². The van der Waals surface area contributed by atoms with Crippen LogP contribution in [-0.4, -0.2) is 35.7 Å². The van der Waals surface area contributed by atoms with Gasteiger partial charge in [0.2, 0.25) is 0 Å². The van der Waals surface area contributed by atoms with E-state index in [-0.39, 0.29) is 21.6 Å². The fraction of sp³-hybridized carbons (Fsp3) is 0.917. The summed E-state index contributed by atoms with van der Waals surface area (Å²) < 4.78 is 0. The molecule has 4 fully saturated rings. The number of rotatable bonds is 0. The number of ketones is 1. The standard InChI is InChI=1S/C12H18ClNO/c1-10-4-11(2)6-14(5-10)7-12(3,8(10)13)9(11)15/h8H,4-7H2,1-3H3/t8-,10?,11?,12?/m0/s1. The Balaban J connectivity index is 2.16. The lowest BCUT2D eigenvalue weighted by Crippen LogP contribution is -2.75. The first-order valence-corrected chi connectivity index (χ1v) is 6.15. The van der Waals surface area contributed by atoms with Crippen LogP contribution in [0.4, 0.5) is 0 Å². The lowest BCUT2D eigenvalue weighted by atomic mass is 9.48. The first-order chi connectivity index (χ1) is 6.80. The third kappa shape index (κ3) is 0.980. The summed E-state index contributed by atoms with van der Waals surface area (Å²) in [5.41, 5.74) is -0.305. The highest BCUT2D eigenvalue weighted by Crippen LogP contribution is 2.61. The average Bonchev–Trinajstić information content (AvgIpc) is 2.10. The maximum Gasteiger partial charge on any atom is 0.148 e. The molecule has 4 bridgehead atoms. The molecule has 0 spiro atoms. The Bertz CT molecular complexity index is 358. The molecule has 0 N–H and O–H groups in total. The number of Topliss-reactive ketones (excluding diaryl/α,β-unsaturated/α-hetero) is 1. The third-order valence-corrected chi connectivity index (χ3v) is 5.75. The highest BCUT2D eigenvalue weighted by molar-refractivity contribution is 6.24. The summed E-state index contributed by atoms with van der Waals surface area (Å²) in [6, 6.07) is 0. The summed E-state index contributed by atoms with van der Waals surface area (Å²) in [6.45, 7) is 9.32. The highest BCUT2D eigenvalue weighted by Gasteiger charge is 2.67. The normalized spacial score (nSPS) is 62.5. The van der Waals surface area contributed by atoms with Gasteiger partial charge in [0.25, 0.3) is 0 Å². The van der Waals surface area contributed by atoms with Crippen LogP contribution in [0.25, 0.3) is 0 Å². The lowest BCUT2D eigenvalue weighted by molar-refractivity contribution is -0.178. The van der Waals surface area contributed by atoms with Crippen molar-refractivity contribution in [2.45, 2.75) is 32.6 Å². The summed E-state index contributed by atoms with van der Waals surface area (Å²) in [5, 5.41) is 0.0159. The van der Waals surface area contributed by atoms with Gasteiger partial charge in [-0.2, -0.15) is 0 Å². The van der Waals surface area contributed by atoms with Gasteiger partial charge in [-0.15, -0.1) is 11.6 Å². The summed E-state index contributed by atoms with van der Waals surface area (Å²) in [4.78, 5) is 14.9. The molecule has 3 aliphatic heterocycles. The zero-order chi connectivity index (χ0) is 11.1. The molecule has 4 unspecified atom stereocenters. The number of carbonyl (C=O) groups excluding carboxylic acids is 1. The Morgan fingerprint density at radius 1 is 1.27 bits per heavy atom. The molecule has 84 valence electrons. The molecule has 15 heavy (non-hydrogen) atoms. The van der Waals surface area contributed by atoms with Gasteiger partial charge in [-0.25, -0.2) is 0 Å². The minimum absolute atomic E-state index is 0.0159. The molecule has 3 saturated heterocycles. The average molecular weight is 228 g/mol. The largest absolute Gasteiger partial charge is 0.301 e. The van der Waals surface area contributed by atoms with Crippen molar-refractivity contribution in [1.29, 1.82) is 0 Å². The van der Waals surface area contributed by atoms with Gasteiger partial charge in [0.05, 0.1) is 10.8 Å². The van der Waals surface area contributed by atoms with Gasteiger partial charge in [-0.3, -0.25) is 4.79 Å². The van der Waals surface area contributed by atoms with Crippen molar-refractivity contribution in [2.75, 3.05) is 19.6 Å². The maximum atomic E-state index is 12.5. The van der Waals surface area contributed by atoms with Crippen molar-refractivity contribution < 1.29 is 4.79 Å². The van der Waals surface area contributed by atoms with Crippen LogP contribution >= 0.6 is 11.6 Å². The molecule has 4 aliphatic rings. The second-order valence-electron chi connectivity index (χ2n) is 6.65. The van der Waals surface area contributed by atoms with E-state index < -0.39 is 0 Å². The topological polar surface area (TPSA) is 20.3 Å². The molecule has 0 radical (unpaired) electrons. The zero-order valence-electron chi connectivity index (χ0n) is 9.64. The first-order valence-electron chi connectivity index (χ1n) is 5.72. The monoisotopic (exact) mass is 227 g/mol. The van der Waals surface area contributed by atoms with Crippen LogP contribution in [0.3, 0.4) is 0 Å². The predicted octanol–water partition coefficient (Wildman–Crippen LogP) is 1.91. The summed E-state index contributed by atoms with van der Waals surface area (Å²) in [7, 11) is 0. The Morgan fingerprint density at radius 2 is 1.93 bits per heavy atom. The van der Waals surface area contributed by atoms with Crippen molar-refractivity contribution in [3.05, 3.63) is 0 Å². The third-order valence-electron chi connectivity index (χ3n) is 4.74. The zero-order valence-corrected chi connectivity index (χ0v) is 10.4. The van der Waals surface area contributed by atoms with Crippen LogP contribution < -0.4 is 0 Å². The van der Waals surface area contributed by atoms with E-state index >= 15 is 0 Å². The minimum atomic E-state index is -0.306. The summed E-state index contributed by atoms with van der Waals surface area (Å²) in [6.07, 6.45) is 0.971. The Hall–Kier alpha value is -0.0800. The van der Waals surface area contributed by atoms with Crippen molar-refractivity contribution in [1.82, 2.24) is 4.90 Å². The molecule has 0 aromatic rings. The summed E-state index contributed by atoms with van der Waals surface area (Å²) >= 11 is 6.56. The van der Waals surface area contributed by atoms with Crippen molar-refractivity contribution in [3.63, 3.8) is 0 Å². The smallest absolute Gasteiger partial charge is 0.148 e. The molecule has 3 heteroatoms. The van der Waals surface area contributed by atoms with E-state index in [4.69, 9.17) is 11.6 Å². The molecule has 0 amide bonds. The quantitative estimate of drug-likeness (QED) is 0.590. The Kier molecular flexibility index (Phi) is 1.64. The highest BCUT2D eigenvalue weighted by atomic mass is 35.5. The molecule has 3 heterocycles. The van der Waals surface area contributed by atoms with E-state index in [1.807, 2.05) is 0 Å². The fourth-order valence-electron chi connectivity index (χ4n) is 4.69. The van der Waals surface area contributed by atoms with Crippen LogP contribution in [0.5, 0.6) is 0 Å². The minimum Gasteiger partial charge on any atom is -0.301 e. The molecule has 4 rings (SSSR count). The second-order valence-corrected chi connectivity index (χ2v) is 7.08. The number of alkyl halides is 1. The first kappa shape index (κ1) is 10.1. The lowest BCUT2D eigenvalue weighted by Gasteiger charge is -2.66. The molecule has 1 aliphatic carbocycles. The van der Waals surface area contributed by atoms with Crippen LogP contribution in [0.1, 0.15) is 27.2 Å². The number of hydrogen-bond acceptors (Lipinski definition) is 2. The molecule has 0 aromatic carbocycles. The molecular formula is C12H18ClNO. The van der Waals surface area contributed by atoms with Gasteiger partial charge in [0.1, 0.15) is 5.78 Å². The molecule has 0 aromatic heterocycles. The Morgan fingerprint density at radius 3 is 2.60 bits per heavy atom. The van der Waals surface area contributed by atoms with Gasteiger partial charge in [0.15, 0.2) is 0 Å². The van der Waals surface area contributed by atoms with Crippen molar-refractivity contribution in [2.24, 2.45) is 16.2 Å². The molecule has 5 atom stereocenters. The number of hydrogen-bond donors (Lipinski definition) is 0. The van der Waals surface area contributed by atoms with Crippen LogP contribution in [0.15, 0.2) is 0 Å². The van der Waals surface area contributed by atoms with Crippen LogP contribution in [0.2, 0.25) is 0 Å². The number of nitrogens with zero attached hydrogens (tertiary/aromatic N) is 1. The second kappa shape index (κ2) is 2.43. The van der Waals surface area contributed by atoms with Crippen molar-refractivity contribution in [3.8, 4) is 0 Å². The Labute approximate surface area is 96.0 Å². The predicted molar refractivity (Wildman–Crippen MR) is 60.0 cm³/mol. The van der Waals surface area contributed by atoms with E-state index in [0.717, 1.165) is 26.1 Å². The van der Waals surface area contributed by atoms with E-state index in [9.17, 15) is 4.79 Å². The van der Waals surface area contributed by atoms with Gasteiger partial charge in [-0.05, 0) is 18.8 Å². The molecular weight excluding hydrogens is 210 g/mol. The number of carbonyl (C=O) groups is 1. The van der Waals surface area contributed by atoms with Gasteiger partial charge in [0, 0.05) is 25.0 Å². The van der Waals surface area contributed by atoms with E-state index in [1.165, 1.54) is 0 Å². The molecule has 1 saturated carbocycles. The van der Waals surface area contributed by atoms with E-state index in [1.54, 1.807) is 0 Å².